The second-order valence-electron chi connectivity index (χ2n) is 10.9. The normalized spacial score (nSPS) is 17.5. The molecule has 0 N–H and O–H groups in total. The highest BCUT2D eigenvalue weighted by atomic mass is 16.5. The molecule has 2 aromatic carbocycles. The van der Waals surface area contributed by atoms with Gasteiger partial charge in [0.15, 0.2) is 5.78 Å². The summed E-state index contributed by atoms with van der Waals surface area (Å²) in [5.41, 5.74) is 2.67. The standard InChI is InChI=1S/C30H38N6O2/c1-30(2,25-12-8-11-24(21-25)28(37)23-9-6-5-7-10-23)26-22-27(38-32-26)31-29(35-17-13-33(3)14-18-35)36-19-15-34(4)16-20-36/h5-12,21-22H,13-20H2,1-4H3. The van der Waals surface area contributed by atoms with E-state index in [9.17, 15) is 4.79 Å². The number of aromatic nitrogens is 1. The maximum absolute atomic E-state index is 13.1. The van der Waals surface area contributed by atoms with E-state index < -0.39 is 5.41 Å². The summed E-state index contributed by atoms with van der Waals surface area (Å²) in [7, 11) is 4.33. The molecule has 0 amide bonds. The number of hydrogen-bond donors (Lipinski definition) is 0. The third-order valence-electron chi connectivity index (χ3n) is 7.80. The van der Waals surface area contributed by atoms with E-state index in [2.05, 4.69) is 52.7 Å². The SMILES string of the molecule is CN1CCN(C(=Nc2cc(C(C)(C)c3cccc(C(=O)c4ccccc4)c3)no2)N2CCN(C)CC2)CC1. The van der Waals surface area contributed by atoms with Crippen molar-refractivity contribution in [3.63, 3.8) is 0 Å². The van der Waals surface area contributed by atoms with Gasteiger partial charge in [0, 0.05) is 75.0 Å². The van der Waals surface area contributed by atoms with E-state index in [0.717, 1.165) is 69.6 Å². The summed E-state index contributed by atoms with van der Waals surface area (Å²) in [4.78, 5) is 27.5. The summed E-state index contributed by atoms with van der Waals surface area (Å²) < 4.78 is 5.80. The lowest BCUT2D eigenvalue weighted by Gasteiger charge is -2.41. The highest BCUT2D eigenvalue weighted by Crippen LogP contribution is 2.33. The average molecular weight is 515 g/mol. The Hall–Kier alpha value is -3.49. The third-order valence-corrected chi connectivity index (χ3v) is 7.80. The first-order chi connectivity index (χ1) is 18.3. The van der Waals surface area contributed by atoms with Crippen molar-refractivity contribution in [3.8, 4) is 0 Å². The maximum atomic E-state index is 13.1. The van der Waals surface area contributed by atoms with E-state index in [1.165, 1.54) is 0 Å². The number of carbonyl (C=O) groups is 1. The van der Waals surface area contributed by atoms with Crippen LogP contribution in [-0.2, 0) is 5.41 Å². The number of nitrogens with zero attached hydrogens (tertiary/aromatic N) is 6. The number of benzene rings is 2. The Morgan fingerprint density at radius 2 is 1.37 bits per heavy atom. The summed E-state index contributed by atoms with van der Waals surface area (Å²) in [5.74, 6) is 1.50. The van der Waals surface area contributed by atoms with Crippen LogP contribution in [0, 0.1) is 0 Å². The lowest BCUT2D eigenvalue weighted by atomic mass is 9.80. The van der Waals surface area contributed by atoms with Crippen LogP contribution in [0.1, 0.15) is 41.0 Å². The zero-order valence-electron chi connectivity index (χ0n) is 22.9. The molecule has 8 heteroatoms. The average Bonchev–Trinajstić information content (AvgIpc) is 3.43. The van der Waals surface area contributed by atoms with Crippen LogP contribution < -0.4 is 0 Å². The molecule has 0 radical (unpaired) electrons. The molecule has 0 atom stereocenters. The number of piperazine rings is 2. The van der Waals surface area contributed by atoms with E-state index in [1.807, 2.05) is 60.7 Å². The van der Waals surface area contributed by atoms with E-state index in [0.29, 0.717) is 17.0 Å². The Labute approximate surface area is 225 Å². The van der Waals surface area contributed by atoms with Crippen LogP contribution in [0.25, 0.3) is 0 Å². The second kappa shape index (κ2) is 11.1. The van der Waals surface area contributed by atoms with Crippen molar-refractivity contribution in [3.05, 3.63) is 83.0 Å². The number of guanidine groups is 1. The predicted molar refractivity (Wildman–Crippen MR) is 150 cm³/mol. The maximum Gasteiger partial charge on any atom is 0.253 e. The molecule has 2 fully saturated rings. The van der Waals surface area contributed by atoms with Crippen molar-refractivity contribution in [2.24, 2.45) is 4.99 Å². The van der Waals surface area contributed by atoms with Crippen molar-refractivity contribution in [2.75, 3.05) is 66.5 Å². The molecule has 2 saturated heterocycles. The monoisotopic (exact) mass is 514 g/mol. The van der Waals surface area contributed by atoms with Gasteiger partial charge in [0.25, 0.3) is 5.88 Å². The first-order valence-corrected chi connectivity index (χ1v) is 13.4. The van der Waals surface area contributed by atoms with Crippen molar-refractivity contribution < 1.29 is 9.32 Å². The Bertz CT molecular complexity index is 1240. The van der Waals surface area contributed by atoms with Crippen LogP contribution in [0.15, 0.2) is 70.2 Å². The fourth-order valence-corrected chi connectivity index (χ4v) is 5.02. The summed E-state index contributed by atoms with van der Waals surface area (Å²) in [6, 6.07) is 19.1. The minimum atomic E-state index is -0.466. The number of rotatable bonds is 5. The fourth-order valence-electron chi connectivity index (χ4n) is 5.02. The molecule has 0 aliphatic carbocycles. The first-order valence-electron chi connectivity index (χ1n) is 13.4. The van der Waals surface area contributed by atoms with Gasteiger partial charge in [-0.25, -0.2) is 0 Å². The number of likely N-dealkylation sites (N-methyl/N-ethyl adjacent to an activating group) is 2. The van der Waals surface area contributed by atoms with Crippen LogP contribution in [-0.4, -0.2) is 103 Å². The number of aliphatic imine (C=N–C) groups is 1. The van der Waals surface area contributed by atoms with Gasteiger partial charge in [-0.15, -0.1) is 0 Å². The van der Waals surface area contributed by atoms with Crippen molar-refractivity contribution in [1.29, 1.82) is 0 Å². The molecule has 2 aliphatic heterocycles. The number of ketones is 1. The van der Waals surface area contributed by atoms with Gasteiger partial charge in [-0.05, 0) is 25.7 Å². The van der Waals surface area contributed by atoms with Crippen molar-refractivity contribution >= 4 is 17.6 Å². The number of hydrogen-bond acceptors (Lipinski definition) is 6. The van der Waals surface area contributed by atoms with Gasteiger partial charge in [0.2, 0.25) is 5.96 Å². The summed E-state index contributed by atoms with van der Waals surface area (Å²) in [6.45, 7) is 12.0. The van der Waals surface area contributed by atoms with Crippen molar-refractivity contribution in [1.82, 2.24) is 24.8 Å². The van der Waals surface area contributed by atoms with Gasteiger partial charge in [-0.1, -0.05) is 67.5 Å². The zero-order valence-corrected chi connectivity index (χ0v) is 22.9. The van der Waals surface area contributed by atoms with Gasteiger partial charge in [-0.3, -0.25) is 4.79 Å². The van der Waals surface area contributed by atoms with Gasteiger partial charge in [0.1, 0.15) is 0 Å². The summed E-state index contributed by atoms with van der Waals surface area (Å²) in [6.07, 6.45) is 0. The fraction of sp³-hybridized carbons (Fsp3) is 0.433. The van der Waals surface area contributed by atoms with Crippen LogP contribution in [0.3, 0.4) is 0 Å². The molecule has 5 rings (SSSR count). The quantitative estimate of drug-likeness (QED) is 0.292. The van der Waals surface area contributed by atoms with Crippen LogP contribution >= 0.6 is 0 Å². The summed E-state index contributed by atoms with van der Waals surface area (Å²) in [5, 5.41) is 4.44. The number of carbonyl (C=O) groups excluding carboxylic acids is 1. The predicted octanol–water partition coefficient (Wildman–Crippen LogP) is 3.71. The molecule has 0 unspecified atom stereocenters. The first kappa shape index (κ1) is 26.1. The molecular weight excluding hydrogens is 476 g/mol. The molecule has 0 bridgehead atoms. The van der Waals surface area contributed by atoms with Gasteiger partial charge >= 0.3 is 0 Å². The second-order valence-corrected chi connectivity index (χ2v) is 10.9. The van der Waals surface area contributed by atoms with Crippen molar-refractivity contribution in [2.45, 2.75) is 19.3 Å². The van der Waals surface area contributed by atoms with E-state index >= 15 is 0 Å². The van der Waals surface area contributed by atoms with E-state index in [-0.39, 0.29) is 5.78 Å². The lowest BCUT2D eigenvalue weighted by Crippen LogP contribution is -2.56. The molecular formula is C30H38N6O2. The Morgan fingerprint density at radius 1 is 0.789 bits per heavy atom. The molecule has 0 saturated carbocycles. The van der Waals surface area contributed by atoms with Crippen LogP contribution in [0.2, 0.25) is 0 Å². The highest BCUT2D eigenvalue weighted by molar-refractivity contribution is 6.09. The van der Waals surface area contributed by atoms with Crippen LogP contribution in [0.4, 0.5) is 5.88 Å². The summed E-state index contributed by atoms with van der Waals surface area (Å²) >= 11 is 0. The molecule has 1 aromatic heterocycles. The lowest BCUT2D eigenvalue weighted by molar-refractivity contribution is 0.103. The van der Waals surface area contributed by atoms with E-state index in [1.54, 1.807) is 0 Å². The smallest absolute Gasteiger partial charge is 0.253 e. The largest absolute Gasteiger partial charge is 0.340 e. The Kier molecular flexibility index (Phi) is 7.63. The van der Waals surface area contributed by atoms with Gasteiger partial charge in [-0.2, -0.15) is 4.99 Å². The molecule has 200 valence electrons. The topological polar surface area (TPSA) is 68.4 Å². The molecule has 3 heterocycles. The Balaban J connectivity index is 1.41. The van der Waals surface area contributed by atoms with Gasteiger partial charge < -0.3 is 24.1 Å². The van der Waals surface area contributed by atoms with Crippen LogP contribution in [0.5, 0.6) is 0 Å². The minimum Gasteiger partial charge on any atom is -0.340 e. The molecule has 8 nitrogen and oxygen atoms in total. The molecule has 2 aliphatic rings. The molecule has 0 spiro atoms. The Morgan fingerprint density at radius 3 is 1.97 bits per heavy atom. The van der Waals surface area contributed by atoms with Gasteiger partial charge in [0.05, 0.1) is 5.69 Å². The highest BCUT2D eigenvalue weighted by Gasteiger charge is 2.30. The molecule has 38 heavy (non-hydrogen) atoms. The zero-order chi connectivity index (χ0) is 26.7. The van der Waals surface area contributed by atoms with E-state index in [4.69, 9.17) is 9.52 Å². The minimum absolute atomic E-state index is 0.0117. The molecule has 3 aromatic rings. The third kappa shape index (κ3) is 5.66.